The van der Waals surface area contributed by atoms with Crippen LogP contribution in [0.5, 0.6) is 0 Å². The standard InChI is InChI=1S/C14H17ClFNO3S/c1-21(19,20)9-10-5-7-17(8-6-10)14(18)13-11(15)3-2-4-12(13)16/h2-4,10H,5-9H2,1H3. The second kappa shape index (κ2) is 6.32. The van der Waals surface area contributed by atoms with Gasteiger partial charge in [0, 0.05) is 19.3 Å². The van der Waals surface area contributed by atoms with Gasteiger partial charge in [0.05, 0.1) is 16.3 Å². The molecule has 1 heterocycles. The van der Waals surface area contributed by atoms with Crippen molar-refractivity contribution in [3.8, 4) is 0 Å². The number of benzene rings is 1. The molecule has 0 atom stereocenters. The molecule has 1 aliphatic heterocycles. The van der Waals surface area contributed by atoms with Crippen molar-refractivity contribution in [3.05, 3.63) is 34.6 Å². The van der Waals surface area contributed by atoms with Gasteiger partial charge in [-0.15, -0.1) is 0 Å². The molecule has 1 saturated heterocycles. The molecule has 2 rings (SSSR count). The van der Waals surface area contributed by atoms with E-state index in [-0.39, 0.29) is 22.3 Å². The van der Waals surface area contributed by atoms with Gasteiger partial charge in [-0.3, -0.25) is 4.79 Å². The van der Waals surface area contributed by atoms with Gasteiger partial charge in [-0.2, -0.15) is 0 Å². The number of hydrogen-bond acceptors (Lipinski definition) is 3. The molecule has 1 amide bonds. The van der Waals surface area contributed by atoms with Crippen molar-refractivity contribution >= 4 is 27.3 Å². The highest BCUT2D eigenvalue weighted by molar-refractivity contribution is 7.90. The number of hydrogen-bond donors (Lipinski definition) is 0. The number of halogens is 2. The summed E-state index contributed by atoms with van der Waals surface area (Å²) in [7, 11) is -3.01. The van der Waals surface area contributed by atoms with Gasteiger partial charge in [-0.25, -0.2) is 12.8 Å². The summed E-state index contributed by atoms with van der Waals surface area (Å²) in [4.78, 5) is 13.8. The fourth-order valence-electron chi connectivity index (χ4n) is 2.59. The first kappa shape index (κ1) is 16.2. The van der Waals surface area contributed by atoms with E-state index in [1.807, 2.05) is 0 Å². The molecule has 1 aromatic carbocycles. The number of carbonyl (C=O) groups excluding carboxylic acids is 1. The quantitative estimate of drug-likeness (QED) is 0.853. The lowest BCUT2D eigenvalue weighted by Gasteiger charge is -2.32. The summed E-state index contributed by atoms with van der Waals surface area (Å²) in [5.41, 5.74) is -0.110. The topological polar surface area (TPSA) is 54.5 Å². The van der Waals surface area contributed by atoms with Crippen LogP contribution in [0.15, 0.2) is 18.2 Å². The fourth-order valence-corrected chi connectivity index (χ4v) is 4.02. The molecule has 1 aliphatic rings. The van der Waals surface area contributed by atoms with E-state index in [1.54, 1.807) is 0 Å². The first-order valence-electron chi connectivity index (χ1n) is 6.69. The molecule has 21 heavy (non-hydrogen) atoms. The molecule has 0 unspecified atom stereocenters. The molecular weight excluding hydrogens is 317 g/mol. The van der Waals surface area contributed by atoms with Crippen molar-refractivity contribution in [3.63, 3.8) is 0 Å². The zero-order chi connectivity index (χ0) is 15.6. The Bertz CT molecular complexity index is 619. The summed E-state index contributed by atoms with van der Waals surface area (Å²) in [6.07, 6.45) is 2.42. The maximum atomic E-state index is 13.7. The van der Waals surface area contributed by atoms with Gasteiger partial charge in [0.15, 0.2) is 0 Å². The molecule has 0 saturated carbocycles. The van der Waals surface area contributed by atoms with Crippen LogP contribution in [0.25, 0.3) is 0 Å². The van der Waals surface area contributed by atoms with Crippen LogP contribution in [-0.2, 0) is 9.84 Å². The molecule has 1 fully saturated rings. The number of carbonyl (C=O) groups is 1. The van der Waals surface area contributed by atoms with Crippen LogP contribution in [0.3, 0.4) is 0 Å². The van der Waals surface area contributed by atoms with E-state index >= 15 is 0 Å². The van der Waals surface area contributed by atoms with Gasteiger partial charge in [-0.1, -0.05) is 17.7 Å². The maximum Gasteiger partial charge on any atom is 0.258 e. The van der Waals surface area contributed by atoms with E-state index in [0.717, 1.165) is 0 Å². The Morgan fingerprint density at radius 3 is 2.52 bits per heavy atom. The number of sulfone groups is 1. The number of nitrogens with zero attached hydrogens (tertiary/aromatic N) is 1. The molecule has 0 radical (unpaired) electrons. The van der Waals surface area contributed by atoms with E-state index in [4.69, 9.17) is 11.6 Å². The fraction of sp³-hybridized carbons (Fsp3) is 0.500. The summed E-state index contributed by atoms with van der Waals surface area (Å²) in [5.74, 6) is -0.878. The molecule has 7 heteroatoms. The number of rotatable bonds is 3. The molecule has 0 N–H and O–H groups in total. The molecular formula is C14H17ClFNO3S. The van der Waals surface area contributed by atoms with E-state index in [2.05, 4.69) is 0 Å². The van der Waals surface area contributed by atoms with Gasteiger partial charge >= 0.3 is 0 Å². The molecule has 4 nitrogen and oxygen atoms in total. The highest BCUT2D eigenvalue weighted by Crippen LogP contribution is 2.24. The Kier molecular flexibility index (Phi) is 4.88. The lowest BCUT2D eigenvalue weighted by Crippen LogP contribution is -2.40. The lowest BCUT2D eigenvalue weighted by molar-refractivity contribution is 0.0694. The zero-order valence-electron chi connectivity index (χ0n) is 11.7. The average Bonchev–Trinajstić information content (AvgIpc) is 2.37. The van der Waals surface area contributed by atoms with Crippen molar-refractivity contribution < 1.29 is 17.6 Å². The van der Waals surface area contributed by atoms with E-state index in [9.17, 15) is 17.6 Å². The highest BCUT2D eigenvalue weighted by atomic mass is 35.5. The first-order chi connectivity index (χ1) is 9.78. The van der Waals surface area contributed by atoms with E-state index in [0.29, 0.717) is 25.9 Å². The third-order valence-electron chi connectivity index (χ3n) is 3.62. The monoisotopic (exact) mass is 333 g/mol. The Labute approximate surface area is 128 Å². The summed E-state index contributed by atoms with van der Waals surface area (Å²) in [6.45, 7) is 0.841. The van der Waals surface area contributed by atoms with Crippen LogP contribution in [0.1, 0.15) is 23.2 Å². The van der Waals surface area contributed by atoms with Crippen LogP contribution in [0, 0.1) is 11.7 Å². The molecule has 0 bridgehead atoms. The first-order valence-corrected chi connectivity index (χ1v) is 9.13. The minimum Gasteiger partial charge on any atom is -0.338 e. The molecule has 116 valence electrons. The molecule has 0 aliphatic carbocycles. The maximum absolute atomic E-state index is 13.7. The summed E-state index contributed by atoms with van der Waals surface area (Å²) >= 11 is 5.89. The van der Waals surface area contributed by atoms with Crippen molar-refractivity contribution in [2.24, 2.45) is 5.92 Å². The Balaban J connectivity index is 2.04. The third-order valence-corrected chi connectivity index (χ3v) is 5.01. The second-order valence-electron chi connectivity index (χ2n) is 5.42. The van der Waals surface area contributed by atoms with Crippen LogP contribution >= 0.6 is 11.6 Å². The second-order valence-corrected chi connectivity index (χ2v) is 8.02. The zero-order valence-corrected chi connectivity index (χ0v) is 13.3. The van der Waals surface area contributed by atoms with Crippen molar-refractivity contribution in [2.45, 2.75) is 12.8 Å². The summed E-state index contributed by atoms with van der Waals surface area (Å²) < 4.78 is 36.3. The predicted octanol–water partition coefficient (Wildman–Crippen LogP) is 2.38. The minimum absolute atomic E-state index is 0.0557. The Hall–Kier alpha value is -1.14. The van der Waals surface area contributed by atoms with Crippen LogP contribution < -0.4 is 0 Å². The number of likely N-dealkylation sites (tertiary alicyclic amines) is 1. The normalized spacial score (nSPS) is 17.0. The molecule has 0 spiro atoms. The van der Waals surface area contributed by atoms with Crippen molar-refractivity contribution in [1.29, 1.82) is 0 Å². The van der Waals surface area contributed by atoms with Crippen molar-refractivity contribution in [1.82, 2.24) is 4.90 Å². The van der Waals surface area contributed by atoms with Crippen LogP contribution in [0.4, 0.5) is 4.39 Å². The Morgan fingerprint density at radius 2 is 2.00 bits per heavy atom. The van der Waals surface area contributed by atoms with E-state index in [1.165, 1.54) is 29.4 Å². The predicted molar refractivity (Wildman–Crippen MR) is 79.7 cm³/mol. The van der Waals surface area contributed by atoms with E-state index < -0.39 is 21.6 Å². The smallest absolute Gasteiger partial charge is 0.258 e. The SMILES string of the molecule is CS(=O)(=O)CC1CCN(C(=O)c2c(F)cccc2Cl)CC1. The van der Waals surface area contributed by atoms with Crippen LogP contribution in [0.2, 0.25) is 5.02 Å². The lowest BCUT2D eigenvalue weighted by atomic mass is 9.98. The molecule has 1 aromatic rings. The van der Waals surface area contributed by atoms with Gasteiger partial charge in [0.1, 0.15) is 15.7 Å². The summed E-state index contributed by atoms with van der Waals surface area (Å²) in [6, 6.07) is 4.14. The Morgan fingerprint density at radius 1 is 1.38 bits per heavy atom. The van der Waals surface area contributed by atoms with Gasteiger partial charge in [0.25, 0.3) is 5.91 Å². The van der Waals surface area contributed by atoms with Gasteiger partial charge in [-0.05, 0) is 30.9 Å². The third kappa shape index (κ3) is 4.17. The average molecular weight is 334 g/mol. The van der Waals surface area contributed by atoms with Gasteiger partial charge in [0.2, 0.25) is 0 Å². The number of amides is 1. The number of piperidine rings is 1. The highest BCUT2D eigenvalue weighted by Gasteiger charge is 2.28. The largest absolute Gasteiger partial charge is 0.338 e. The van der Waals surface area contributed by atoms with Crippen LogP contribution in [-0.4, -0.2) is 44.3 Å². The minimum atomic E-state index is -3.01. The van der Waals surface area contributed by atoms with Gasteiger partial charge < -0.3 is 4.90 Å². The van der Waals surface area contributed by atoms with Crippen molar-refractivity contribution in [2.75, 3.05) is 25.1 Å². The molecule has 0 aromatic heterocycles. The summed E-state index contributed by atoms with van der Waals surface area (Å²) in [5, 5.41) is 0.0956.